The minimum Gasteiger partial charge on any atom is -0.460 e. The fraction of sp³-hybridized carbons (Fsp3) is 0.562. The summed E-state index contributed by atoms with van der Waals surface area (Å²) >= 11 is 5.85. The molecule has 5 heteroatoms. The van der Waals surface area contributed by atoms with Crippen molar-refractivity contribution in [2.45, 2.75) is 24.9 Å². The van der Waals surface area contributed by atoms with E-state index in [1.807, 2.05) is 0 Å². The molecule has 2 unspecified atom stereocenters. The van der Waals surface area contributed by atoms with Crippen LogP contribution in [-0.2, 0) is 9.53 Å². The van der Waals surface area contributed by atoms with Crippen molar-refractivity contribution in [2.75, 3.05) is 26.2 Å². The van der Waals surface area contributed by atoms with Crippen molar-refractivity contribution >= 4 is 17.6 Å². The van der Waals surface area contributed by atoms with Gasteiger partial charge in [-0.3, -0.25) is 9.69 Å². The van der Waals surface area contributed by atoms with Crippen LogP contribution in [0.1, 0.15) is 24.3 Å². The summed E-state index contributed by atoms with van der Waals surface area (Å²) in [6.45, 7) is 2.80. The van der Waals surface area contributed by atoms with Crippen LogP contribution in [0.15, 0.2) is 24.3 Å². The van der Waals surface area contributed by atoms with Gasteiger partial charge in [0, 0.05) is 11.6 Å². The number of hydrogen-bond donors (Lipinski definition) is 1. The van der Waals surface area contributed by atoms with E-state index in [1.54, 1.807) is 24.3 Å². The number of hydrogen-bond acceptors (Lipinski definition) is 4. The average molecular weight is 310 g/mol. The van der Waals surface area contributed by atoms with Gasteiger partial charge in [0.2, 0.25) is 0 Å². The van der Waals surface area contributed by atoms with Crippen LogP contribution in [0, 0.1) is 5.92 Å². The maximum Gasteiger partial charge on any atom is 0.316 e. The zero-order chi connectivity index (χ0) is 14.8. The molecule has 0 radical (unpaired) electrons. The van der Waals surface area contributed by atoms with Crippen LogP contribution >= 0.6 is 11.6 Å². The predicted octanol–water partition coefficient (Wildman–Crippen LogP) is 2.05. The van der Waals surface area contributed by atoms with Gasteiger partial charge in [-0.05, 0) is 49.5 Å². The highest BCUT2D eigenvalue weighted by atomic mass is 35.5. The van der Waals surface area contributed by atoms with Gasteiger partial charge in [-0.25, -0.2) is 0 Å². The summed E-state index contributed by atoms with van der Waals surface area (Å²) in [5.41, 5.74) is 0.744. The minimum atomic E-state index is -0.627. The number of nitrogens with zero attached hydrogens (tertiary/aromatic N) is 1. The second-order valence-electron chi connectivity index (χ2n) is 5.90. The number of fused-ring (bicyclic) bond motifs is 3. The molecule has 2 bridgehead atoms. The van der Waals surface area contributed by atoms with Crippen molar-refractivity contribution in [3.8, 4) is 0 Å². The molecule has 1 aromatic rings. The summed E-state index contributed by atoms with van der Waals surface area (Å²) in [5, 5.41) is 10.1. The second kappa shape index (κ2) is 6.34. The van der Waals surface area contributed by atoms with Gasteiger partial charge in [-0.2, -0.15) is 0 Å². The first-order valence-electron chi connectivity index (χ1n) is 7.46. The number of aliphatic hydroxyl groups excluding tert-OH is 1. The Kier molecular flexibility index (Phi) is 4.48. The SMILES string of the molecule is O=C(OC1CN2CCC1CC2)C(CO)c1ccc(Cl)cc1. The minimum absolute atomic E-state index is 0.0265. The molecule has 3 fully saturated rings. The number of piperidine rings is 3. The molecule has 1 N–H and O–H groups in total. The first-order valence-corrected chi connectivity index (χ1v) is 7.84. The Bertz CT molecular complexity index is 497. The molecule has 114 valence electrons. The standard InChI is InChI=1S/C16H20ClNO3/c17-13-3-1-11(2-4-13)14(10-19)16(20)21-15-9-18-7-5-12(15)6-8-18/h1-4,12,14-15,19H,5-10H2. The van der Waals surface area contributed by atoms with Crippen LogP contribution in [0.5, 0.6) is 0 Å². The Balaban J connectivity index is 1.67. The molecule has 3 aliphatic rings. The quantitative estimate of drug-likeness (QED) is 0.865. The van der Waals surface area contributed by atoms with Gasteiger partial charge in [-0.1, -0.05) is 23.7 Å². The molecule has 0 saturated carbocycles. The number of esters is 1. The highest BCUT2D eigenvalue weighted by molar-refractivity contribution is 6.30. The number of halogens is 1. The first kappa shape index (κ1) is 14.8. The second-order valence-corrected chi connectivity index (χ2v) is 6.34. The van der Waals surface area contributed by atoms with Crippen molar-refractivity contribution in [2.24, 2.45) is 5.92 Å². The van der Waals surface area contributed by atoms with E-state index in [9.17, 15) is 9.90 Å². The van der Waals surface area contributed by atoms with Crippen molar-refractivity contribution < 1.29 is 14.6 Å². The smallest absolute Gasteiger partial charge is 0.316 e. The molecular weight excluding hydrogens is 290 g/mol. The van der Waals surface area contributed by atoms with Crippen molar-refractivity contribution in [1.82, 2.24) is 4.90 Å². The fourth-order valence-electron chi connectivity index (χ4n) is 3.29. The van der Waals surface area contributed by atoms with Crippen LogP contribution in [0.2, 0.25) is 5.02 Å². The molecule has 2 atom stereocenters. The largest absolute Gasteiger partial charge is 0.460 e. The van der Waals surface area contributed by atoms with E-state index in [2.05, 4.69) is 4.90 Å². The summed E-state index contributed by atoms with van der Waals surface area (Å²) in [6, 6.07) is 6.98. The molecule has 1 aromatic carbocycles. The van der Waals surface area contributed by atoms with Gasteiger partial charge in [0.25, 0.3) is 0 Å². The molecule has 0 aromatic heterocycles. The van der Waals surface area contributed by atoms with Gasteiger partial charge >= 0.3 is 5.97 Å². The van der Waals surface area contributed by atoms with Gasteiger partial charge in [0.1, 0.15) is 12.0 Å². The highest BCUT2D eigenvalue weighted by Crippen LogP contribution is 2.31. The topological polar surface area (TPSA) is 49.8 Å². The monoisotopic (exact) mass is 309 g/mol. The Hall–Kier alpha value is -1.10. The molecule has 4 rings (SSSR count). The van der Waals surface area contributed by atoms with Crippen LogP contribution in [0.3, 0.4) is 0 Å². The molecule has 3 heterocycles. The van der Waals surface area contributed by atoms with E-state index < -0.39 is 5.92 Å². The summed E-state index contributed by atoms with van der Waals surface area (Å²) in [6.07, 6.45) is 2.17. The van der Waals surface area contributed by atoms with Gasteiger partial charge in [0.15, 0.2) is 0 Å². The average Bonchev–Trinajstić information content (AvgIpc) is 2.51. The number of carbonyl (C=O) groups is 1. The maximum absolute atomic E-state index is 12.4. The van der Waals surface area contributed by atoms with Crippen molar-refractivity contribution in [3.63, 3.8) is 0 Å². The van der Waals surface area contributed by atoms with E-state index in [0.29, 0.717) is 10.9 Å². The van der Waals surface area contributed by atoms with Crippen LogP contribution in [0.4, 0.5) is 0 Å². The Labute approximate surface area is 129 Å². The summed E-state index contributed by atoms with van der Waals surface area (Å²) in [5.74, 6) is -0.486. The van der Waals surface area contributed by atoms with E-state index >= 15 is 0 Å². The number of ether oxygens (including phenoxy) is 1. The Morgan fingerprint density at radius 3 is 2.52 bits per heavy atom. The molecule has 0 amide bonds. The summed E-state index contributed by atoms with van der Waals surface area (Å²) < 4.78 is 5.69. The van der Waals surface area contributed by atoms with E-state index in [4.69, 9.17) is 16.3 Å². The first-order chi connectivity index (χ1) is 10.2. The fourth-order valence-corrected chi connectivity index (χ4v) is 3.41. The zero-order valence-corrected chi connectivity index (χ0v) is 12.6. The lowest BCUT2D eigenvalue weighted by Gasteiger charge is -2.44. The molecule has 4 nitrogen and oxygen atoms in total. The summed E-state index contributed by atoms with van der Waals surface area (Å²) in [4.78, 5) is 14.7. The molecule has 0 spiro atoms. The summed E-state index contributed by atoms with van der Waals surface area (Å²) in [7, 11) is 0. The lowest BCUT2D eigenvalue weighted by Crippen LogP contribution is -2.52. The zero-order valence-electron chi connectivity index (χ0n) is 11.9. The third-order valence-electron chi connectivity index (χ3n) is 4.60. The van der Waals surface area contributed by atoms with E-state index in [0.717, 1.165) is 38.0 Å². The van der Waals surface area contributed by atoms with Crippen molar-refractivity contribution in [3.05, 3.63) is 34.9 Å². The van der Waals surface area contributed by atoms with Crippen molar-refractivity contribution in [1.29, 1.82) is 0 Å². The third kappa shape index (κ3) is 3.23. The van der Waals surface area contributed by atoms with Gasteiger partial charge in [-0.15, -0.1) is 0 Å². The van der Waals surface area contributed by atoms with E-state index in [1.165, 1.54) is 0 Å². The molecular formula is C16H20ClNO3. The molecule has 0 aliphatic carbocycles. The molecule has 3 aliphatic heterocycles. The number of carbonyl (C=O) groups excluding carboxylic acids is 1. The Morgan fingerprint density at radius 1 is 1.33 bits per heavy atom. The normalized spacial score (nSPS) is 29.1. The number of aliphatic hydroxyl groups is 1. The van der Waals surface area contributed by atoms with Crippen LogP contribution in [-0.4, -0.2) is 48.3 Å². The van der Waals surface area contributed by atoms with Gasteiger partial charge in [0.05, 0.1) is 6.61 Å². The maximum atomic E-state index is 12.4. The predicted molar refractivity (Wildman–Crippen MR) is 80.3 cm³/mol. The number of rotatable bonds is 4. The molecule has 3 saturated heterocycles. The lowest BCUT2D eigenvalue weighted by atomic mass is 9.85. The Morgan fingerprint density at radius 2 is 2.00 bits per heavy atom. The third-order valence-corrected chi connectivity index (χ3v) is 4.86. The lowest BCUT2D eigenvalue weighted by molar-refractivity contribution is -0.161. The van der Waals surface area contributed by atoms with Crippen LogP contribution < -0.4 is 0 Å². The molecule has 21 heavy (non-hydrogen) atoms. The highest BCUT2D eigenvalue weighted by Gasteiger charge is 2.37. The number of benzene rings is 1. The van der Waals surface area contributed by atoms with Gasteiger partial charge < -0.3 is 9.84 Å². The van der Waals surface area contributed by atoms with Crippen LogP contribution in [0.25, 0.3) is 0 Å². The van der Waals surface area contributed by atoms with E-state index in [-0.39, 0.29) is 18.7 Å².